The van der Waals surface area contributed by atoms with Gasteiger partial charge < -0.3 is 10.4 Å². The number of nitrogens with zero attached hydrogens (tertiary/aromatic N) is 2. The minimum absolute atomic E-state index is 0.151. The molecule has 2 aromatic carbocycles. The highest BCUT2D eigenvalue weighted by atomic mass is 79.9. The van der Waals surface area contributed by atoms with Crippen LogP contribution in [0.1, 0.15) is 53.6 Å². The predicted octanol–water partition coefficient (Wildman–Crippen LogP) is 7.28. The van der Waals surface area contributed by atoms with Gasteiger partial charge in [0, 0.05) is 32.9 Å². The van der Waals surface area contributed by atoms with Crippen LogP contribution in [-0.2, 0) is 12.8 Å². The van der Waals surface area contributed by atoms with Crippen LogP contribution in [0.25, 0.3) is 0 Å². The van der Waals surface area contributed by atoms with Crippen LogP contribution >= 0.6 is 27.3 Å². The van der Waals surface area contributed by atoms with Gasteiger partial charge in [0.1, 0.15) is 5.00 Å². The summed E-state index contributed by atoms with van der Waals surface area (Å²) >= 11 is 4.72. The number of benzene rings is 2. The van der Waals surface area contributed by atoms with Crippen LogP contribution in [-0.4, -0.2) is 22.2 Å². The molecule has 0 saturated carbocycles. The normalized spacial score (nSPS) is 15.7. The molecule has 2 N–H and O–H groups in total. The molecule has 1 heterocycles. The molecule has 1 amide bonds. The average molecular weight is 556 g/mol. The number of aromatic hydroxyl groups is 1. The number of phenols is 1. The Morgan fingerprint density at radius 1 is 1.29 bits per heavy atom. The number of carbonyl (C=O) groups is 1. The van der Waals surface area contributed by atoms with E-state index in [9.17, 15) is 20.0 Å². The molecule has 4 rings (SSSR count). The van der Waals surface area contributed by atoms with Crippen LogP contribution in [0, 0.1) is 21.4 Å². The van der Waals surface area contributed by atoms with Crippen molar-refractivity contribution in [1.82, 2.24) is 0 Å². The lowest BCUT2D eigenvalue weighted by molar-refractivity contribution is -0.385. The molecular weight excluding hydrogens is 530 g/mol. The van der Waals surface area contributed by atoms with Crippen molar-refractivity contribution in [2.45, 2.75) is 40.0 Å². The third-order valence-electron chi connectivity index (χ3n) is 6.33. The number of nitro benzene ring substituents is 1. The molecule has 9 heteroatoms. The first-order valence-electron chi connectivity index (χ1n) is 11.3. The summed E-state index contributed by atoms with van der Waals surface area (Å²) in [5.74, 6) is -0.210. The van der Waals surface area contributed by atoms with Gasteiger partial charge in [-0.1, -0.05) is 54.9 Å². The number of phenolic OH excluding ortho intramolecular Hbond substituents is 1. The fourth-order valence-corrected chi connectivity index (χ4v) is 6.05. The van der Waals surface area contributed by atoms with E-state index in [0.717, 1.165) is 29.7 Å². The van der Waals surface area contributed by atoms with E-state index < -0.39 is 16.4 Å². The highest BCUT2D eigenvalue weighted by Crippen LogP contribution is 2.45. The van der Waals surface area contributed by atoms with Crippen molar-refractivity contribution in [3.63, 3.8) is 0 Å². The number of hydrogen-bond donors (Lipinski definition) is 2. The van der Waals surface area contributed by atoms with Gasteiger partial charge in [-0.05, 0) is 54.4 Å². The van der Waals surface area contributed by atoms with Crippen molar-refractivity contribution < 1.29 is 14.8 Å². The zero-order valence-corrected chi connectivity index (χ0v) is 22.1. The fourth-order valence-electron chi connectivity index (χ4n) is 4.32. The Balaban J connectivity index is 1.76. The molecule has 0 aliphatic heterocycles. The number of amides is 1. The lowest BCUT2D eigenvalue weighted by Crippen LogP contribution is -2.27. The van der Waals surface area contributed by atoms with E-state index in [2.05, 4.69) is 47.0 Å². The SMILES string of the molecule is CC(C)(C)[C@@H]1CCc2c(sc(N=Cc3cc(Br)cc([N+](=O)[O-])c3O)c2C(=O)Nc2ccccc2)C1. The summed E-state index contributed by atoms with van der Waals surface area (Å²) in [7, 11) is 0. The topological polar surface area (TPSA) is 105 Å². The summed E-state index contributed by atoms with van der Waals surface area (Å²) in [5.41, 5.74) is 2.16. The monoisotopic (exact) mass is 555 g/mol. The second-order valence-corrected chi connectivity index (χ2v) is 11.7. The quantitative estimate of drug-likeness (QED) is 0.196. The van der Waals surface area contributed by atoms with Crippen LogP contribution in [0.3, 0.4) is 0 Å². The zero-order valence-electron chi connectivity index (χ0n) is 19.7. The predicted molar refractivity (Wildman–Crippen MR) is 143 cm³/mol. The Morgan fingerprint density at radius 2 is 2.00 bits per heavy atom. The van der Waals surface area contributed by atoms with Crippen LogP contribution in [0.5, 0.6) is 5.75 Å². The van der Waals surface area contributed by atoms with Gasteiger partial charge in [-0.25, -0.2) is 4.99 Å². The Morgan fingerprint density at radius 3 is 2.66 bits per heavy atom. The summed E-state index contributed by atoms with van der Waals surface area (Å²) in [4.78, 5) is 29.8. The minimum atomic E-state index is -0.646. The molecule has 1 aromatic heterocycles. The molecule has 1 aliphatic carbocycles. The molecule has 0 unspecified atom stereocenters. The number of para-hydroxylation sites is 1. The van der Waals surface area contributed by atoms with E-state index in [0.29, 0.717) is 26.6 Å². The highest BCUT2D eigenvalue weighted by molar-refractivity contribution is 9.10. The van der Waals surface area contributed by atoms with Crippen LogP contribution in [0.15, 0.2) is 51.9 Å². The molecule has 1 atom stereocenters. The largest absolute Gasteiger partial charge is 0.502 e. The van der Waals surface area contributed by atoms with Crippen molar-refractivity contribution in [1.29, 1.82) is 0 Å². The number of anilines is 1. The molecule has 3 aromatic rings. The first kappa shape index (κ1) is 25.1. The number of halogens is 1. The molecule has 1 aliphatic rings. The van der Waals surface area contributed by atoms with E-state index in [-0.39, 0.29) is 16.9 Å². The molecule has 0 bridgehead atoms. The van der Waals surface area contributed by atoms with E-state index in [1.807, 2.05) is 30.3 Å². The van der Waals surface area contributed by atoms with E-state index in [4.69, 9.17) is 0 Å². The van der Waals surface area contributed by atoms with Crippen molar-refractivity contribution in [3.8, 4) is 5.75 Å². The number of nitrogens with one attached hydrogen (secondary N) is 1. The van der Waals surface area contributed by atoms with Gasteiger partial charge in [0.2, 0.25) is 5.75 Å². The molecule has 0 radical (unpaired) electrons. The van der Waals surface area contributed by atoms with Gasteiger partial charge in [-0.2, -0.15) is 0 Å². The minimum Gasteiger partial charge on any atom is -0.502 e. The standard InChI is InChI=1S/C26H26BrN3O4S/c1-26(2,3)16-9-10-19-21(12-16)35-25(22(19)24(32)29-18-7-5-4-6-8-18)28-14-15-11-17(27)13-20(23(15)31)30(33)34/h4-8,11,13-14,16,31H,9-10,12H2,1-3H3,(H,29,32)/t16-/m1/s1. The van der Waals surface area contributed by atoms with Crippen molar-refractivity contribution >= 4 is 55.8 Å². The summed E-state index contributed by atoms with van der Waals surface area (Å²) < 4.78 is 0.448. The summed E-state index contributed by atoms with van der Waals surface area (Å²) in [6.45, 7) is 6.71. The number of hydrogen-bond acceptors (Lipinski definition) is 6. The van der Waals surface area contributed by atoms with Crippen molar-refractivity contribution in [2.75, 3.05) is 5.32 Å². The van der Waals surface area contributed by atoms with Gasteiger partial charge >= 0.3 is 5.69 Å². The van der Waals surface area contributed by atoms with E-state index in [1.54, 1.807) is 6.07 Å². The lowest BCUT2D eigenvalue weighted by atomic mass is 9.72. The van der Waals surface area contributed by atoms with Crippen LogP contribution < -0.4 is 5.32 Å². The van der Waals surface area contributed by atoms with Crippen LogP contribution in [0.4, 0.5) is 16.4 Å². The number of thiophene rings is 1. The second-order valence-electron chi connectivity index (χ2n) is 9.69. The zero-order chi connectivity index (χ0) is 25.3. The summed E-state index contributed by atoms with van der Waals surface area (Å²) in [5, 5.41) is 25.2. The number of nitro groups is 1. The van der Waals surface area contributed by atoms with Gasteiger partial charge in [0.15, 0.2) is 0 Å². The van der Waals surface area contributed by atoms with Crippen molar-refractivity contribution in [2.24, 2.45) is 16.3 Å². The third-order valence-corrected chi connectivity index (χ3v) is 7.95. The molecule has 35 heavy (non-hydrogen) atoms. The average Bonchev–Trinajstić information content (AvgIpc) is 3.17. The Labute approximate surface area is 216 Å². The first-order valence-corrected chi connectivity index (χ1v) is 12.9. The second kappa shape index (κ2) is 9.91. The van der Waals surface area contributed by atoms with Gasteiger partial charge in [0.25, 0.3) is 5.91 Å². The maximum absolute atomic E-state index is 13.4. The smallest absolute Gasteiger partial charge is 0.312 e. The molecule has 7 nitrogen and oxygen atoms in total. The third kappa shape index (κ3) is 5.46. The van der Waals surface area contributed by atoms with Gasteiger partial charge in [-0.15, -0.1) is 11.3 Å². The summed E-state index contributed by atoms with van der Waals surface area (Å²) in [6, 6.07) is 12.0. The lowest BCUT2D eigenvalue weighted by Gasteiger charge is -2.33. The molecule has 0 spiro atoms. The van der Waals surface area contributed by atoms with Crippen LogP contribution in [0.2, 0.25) is 0 Å². The van der Waals surface area contributed by atoms with Gasteiger partial charge in [-0.3, -0.25) is 14.9 Å². The Kier molecular flexibility index (Phi) is 7.10. The molecular formula is C26H26BrN3O4S. The Bertz CT molecular complexity index is 1310. The maximum atomic E-state index is 13.4. The van der Waals surface area contributed by atoms with E-state index in [1.165, 1.54) is 23.6 Å². The van der Waals surface area contributed by atoms with Crippen molar-refractivity contribution in [3.05, 3.63) is 78.6 Å². The number of carbonyl (C=O) groups excluding carboxylic acids is 1. The number of aliphatic imine (C=N–C) groups is 1. The fraction of sp³-hybridized carbons (Fsp3) is 0.308. The maximum Gasteiger partial charge on any atom is 0.312 e. The Hall–Kier alpha value is -3.04. The molecule has 0 saturated heterocycles. The highest BCUT2D eigenvalue weighted by Gasteiger charge is 2.33. The number of fused-ring (bicyclic) bond motifs is 1. The molecule has 0 fully saturated rings. The molecule has 182 valence electrons. The first-order chi connectivity index (χ1) is 16.5. The van der Waals surface area contributed by atoms with Gasteiger partial charge in [0.05, 0.1) is 10.5 Å². The number of rotatable bonds is 5. The van der Waals surface area contributed by atoms with E-state index >= 15 is 0 Å². The summed E-state index contributed by atoms with van der Waals surface area (Å²) in [6.07, 6.45) is 4.03.